The number of aromatic nitrogens is 4. The van der Waals surface area contributed by atoms with Gasteiger partial charge >= 0.3 is 12.2 Å². The zero-order valence-electron chi connectivity index (χ0n) is 33.9. The van der Waals surface area contributed by atoms with Gasteiger partial charge in [0.2, 0.25) is 11.8 Å². The molecular weight excluding hydrogens is 741 g/mol. The van der Waals surface area contributed by atoms with E-state index in [0.29, 0.717) is 44.4 Å². The number of amides is 4. The molecule has 2 aromatic carbocycles. The third kappa shape index (κ3) is 8.38. The van der Waals surface area contributed by atoms with E-state index < -0.39 is 24.3 Å². The van der Waals surface area contributed by atoms with Crippen LogP contribution in [0.4, 0.5) is 9.59 Å². The molecule has 0 saturated carbocycles. The zero-order valence-corrected chi connectivity index (χ0v) is 33.9. The van der Waals surface area contributed by atoms with Crippen LogP contribution < -0.4 is 10.6 Å². The van der Waals surface area contributed by atoms with Crippen LogP contribution in [0, 0.1) is 29.1 Å². The second-order valence-electron chi connectivity index (χ2n) is 16.2. The fourth-order valence-corrected chi connectivity index (χ4v) is 8.32. The zero-order chi connectivity index (χ0) is 41.1. The standard InChI is InChI=1S/C43H52N8O7/c1-25(2)35(48-41(54)56-5)39(52)50-18-7-8-33(50)37-44-22-32(47-37)29-14-11-27(12-15-29)9-10-28-13-16-30-31(20-28)46-38(45-30)34-21-43(17-19-58-24-43)23-51(34)40(53)36(26(3)4)49-42(55)57-6/h11-16,20,22,25-26,33-36H,7-8,17-19,21,23-24H2,1-6H3,(H,44,47)(H,45,46)(H,48,54)(H,49,55)/t33-,34-,35-,36-,43-/m0/s1. The van der Waals surface area contributed by atoms with E-state index in [2.05, 4.69) is 32.4 Å². The third-order valence-electron chi connectivity index (χ3n) is 11.6. The summed E-state index contributed by atoms with van der Waals surface area (Å²) in [6.45, 7) is 9.93. The topological polar surface area (TPSA) is 184 Å². The lowest BCUT2D eigenvalue weighted by atomic mass is 9.85. The molecule has 0 radical (unpaired) electrons. The first-order valence-corrected chi connectivity index (χ1v) is 19.9. The highest BCUT2D eigenvalue weighted by molar-refractivity contribution is 5.87. The molecule has 58 heavy (non-hydrogen) atoms. The van der Waals surface area contributed by atoms with Gasteiger partial charge in [0.05, 0.1) is 49.6 Å². The maximum absolute atomic E-state index is 14.0. The molecule has 2 aromatic heterocycles. The van der Waals surface area contributed by atoms with E-state index in [0.717, 1.165) is 52.7 Å². The molecule has 1 spiro atoms. The molecule has 3 saturated heterocycles. The van der Waals surface area contributed by atoms with Crippen LogP contribution in [0.1, 0.15) is 88.2 Å². The molecule has 5 heterocycles. The van der Waals surface area contributed by atoms with Gasteiger partial charge in [-0.05, 0) is 67.9 Å². The summed E-state index contributed by atoms with van der Waals surface area (Å²) in [4.78, 5) is 71.9. The number of nitrogens with one attached hydrogen (secondary N) is 4. The van der Waals surface area contributed by atoms with Crippen LogP contribution in [0.2, 0.25) is 0 Å². The second kappa shape index (κ2) is 16.9. The summed E-state index contributed by atoms with van der Waals surface area (Å²) >= 11 is 0. The van der Waals surface area contributed by atoms with Crippen molar-refractivity contribution in [1.29, 1.82) is 0 Å². The van der Waals surface area contributed by atoms with Crippen LogP contribution in [-0.2, 0) is 23.8 Å². The Labute approximate surface area is 338 Å². The minimum absolute atomic E-state index is 0.113. The minimum Gasteiger partial charge on any atom is -0.453 e. The average molecular weight is 793 g/mol. The van der Waals surface area contributed by atoms with E-state index in [1.165, 1.54) is 14.2 Å². The van der Waals surface area contributed by atoms with Crippen molar-refractivity contribution in [3.05, 3.63) is 71.4 Å². The number of carbonyl (C=O) groups excluding carboxylic acids is 4. The molecule has 4 amide bonds. The number of hydrogen-bond donors (Lipinski definition) is 4. The van der Waals surface area contributed by atoms with Crippen molar-refractivity contribution in [3.63, 3.8) is 0 Å². The predicted octanol–water partition coefficient (Wildman–Crippen LogP) is 5.46. The van der Waals surface area contributed by atoms with Gasteiger partial charge in [-0.1, -0.05) is 51.7 Å². The number of H-pyrrole nitrogens is 2. The Morgan fingerprint density at radius 2 is 1.52 bits per heavy atom. The van der Waals surface area contributed by atoms with Gasteiger partial charge in [-0.25, -0.2) is 19.6 Å². The Hall–Kier alpha value is -5.88. The molecule has 15 nitrogen and oxygen atoms in total. The number of alkyl carbamates (subject to hydrolysis) is 2. The fraction of sp³-hybridized carbons (Fsp3) is 0.488. The highest BCUT2D eigenvalue weighted by Gasteiger charge is 2.51. The van der Waals surface area contributed by atoms with Gasteiger partial charge in [0, 0.05) is 48.0 Å². The van der Waals surface area contributed by atoms with Gasteiger partial charge in [0.1, 0.15) is 23.7 Å². The number of imidazole rings is 2. The summed E-state index contributed by atoms with van der Waals surface area (Å²) in [7, 11) is 2.57. The number of hydrogen-bond acceptors (Lipinski definition) is 9. The quantitative estimate of drug-likeness (QED) is 0.160. The highest BCUT2D eigenvalue weighted by atomic mass is 16.5. The molecule has 5 atom stereocenters. The highest BCUT2D eigenvalue weighted by Crippen LogP contribution is 2.48. The Balaban J connectivity index is 1.05. The third-order valence-corrected chi connectivity index (χ3v) is 11.6. The van der Waals surface area contributed by atoms with Crippen molar-refractivity contribution < 1.29 is 33.4 Å². The number of likely N-dealkylation sites (tertiary alicyclic amines) is 2. The molecule has 306 valence electrons. The summed E-state index contributed by atoms with van der Waals surface area (Å²) < 4.78 is 15.4. The van der Waals surface area contributed by atoms with E-state index in [1.54, 1.807) is 4.90 Å². The maximum Gasteiger partial charge on any atom is 0.407 e. The number of fused-ring (bicyclic) bond motifs is 1. The maximum atomic E-state index is 14.0. The van der Waals surface area contributed by atoms with E-state index in [-0.39, 0.29) is 41.1 Å². The Kier molecular flexibility index (Phi) is 11.8. The Morgan fingerprint density at radius 1 is 0.862 bits per heavy atom. The van der Waals surface area contributed by atoms with Crippen LogP contribution in [-0.4, -0.2) is 106 Å². The van der Waals surface area contributed by atoms with E-state index >= 15 is 0 Å². The lowest BCUT2D eigenvalue weighted by Gasteiger charge is -2.30. The minimum atomic E-state index is -0.744. The van der Waals surface area contributed by atoms with Gasteiger partial charge in [0.15, 0.2) is 0 Å². The molecular formula is C43H52N8O7. The summed E-state index contributed by atoms with van der Waals surface area (Å²) in [5.74, 6) is 7.34. The van der Waals surface area contributed by atoms with Gasteiger partial charge in [-0.3, -0.25) is 9.59 Å². The van der Waals surface area contributed by atoms with Crippen molar-refractivity contribution in [2.45, 2.75) is 77.5 Å². The van der Waals surface area contributed by atoms with Crippen molar-refractivity contribution in [1.82, 2.24) is 40.4 Å². The van der Waals surface area contributed by atoms with Gasteiger partial charge in [-0.2, -0.15) is 0 Å². The summed E-state index contributed by atoms with van der Waals surface area (Å²) in [5, 5.41) is 5.42. The van der Waals surface area contributed by atoms with E-state index in [1.807, 2.05) is 81.3 Å². The van der Waals surface area contributed by atoms with Crippen molar-refractivity contribution in [2.75, 3.05) is 40.5 Å². The van der Waals surface area contributed by atoms with Crippen molar-refractivity contribution in [3.8, 4) is 23.1 Å². The molecule has 4 aromatic rings. The molecule has 4 N–H and O–H groups in total. The first-order chi connectivity index (χ1) is 27.9. The monoisotopic (exact) mass is 792 g/mol. The molecule has 7 rings (SSSR count). The number of ether oxygens (including phenoxy) is 3. The normalized spacial score (nSPS) is 21.3. The first-order valence-electron chi connectivity index (χ1n) is 19.9. The molecule has 3 fully saturated rings. The van der Waals surface area contributed by atoms with Crippen LogP contribution in [0.15, 0.2) is 48.7 Å². The number of benzene rings is 2. The fourth-order valence-electron chi connectivity index (χ4n) is 8.32. The molecule has 0 aliphatic carbocycles. The number of rotatable bonds is 9. The van der Waals surface area contributed by atoms with E-state index in [9.17, 15) is 19.2 Å². The molecule has 0 unspecified atom stereocenters. The average Bonchev–Trinajstić information content (AvgIpc) is 4.08. The second-order valence-corrected chi connectivity index (χ2v) is 16.2. The SMILES string of the molecule is COC(=O)N[C@H](C(=O)N1CCC[C@H]1c1nc(-c2ccc(C#Cc3ccc4[nH]c([C@@H]5C[C@@]6(CCOC6)CN5C(=O)[C@@H](NC(=O)OC)C(C)C)nc4c3)cc2)c[nH]1)C(C)C. The summed E-state index contributed by atoms with van der Waals surface area (Å²) in [6, 6.07) is 11.7. The van der Waals surface area contributed by atoms with E-state index in [4.69, 9.17) is 24.2 Å². The molecule has 3 aliphatic rings. The van der Waals surface area contributed by atoms with Crippen molar-refractivity contribution >= 4 is 35.0 Å². The first kappa shape index (κ1) is 40.3. The van der Waals surface area contributed by atoms with Crippen LogP contribution in [0.25, 0.3) is 22.3 Å². The lowest BCUT2D eigenvalue weighted by molar-refractivity contribution is -0.136. The molecule has 0 bridgehead atoms. The van der Waals surface area contributed by atoms with Gasteiger partial charge < -0.3 is 44.6 Å². The number of nitrogens with zero attached hydrogens (tertiary/aromatic N) is 4. The number of carbonyl (C=O) groups is 4. The Morgan fingerprint density at radius 3 is 2.16 bits per heavy atom. The largest absolute Gasteiger partial charge is 0.453 e. The molecule has 15 heteroatoms. The summed E-state index contributed by atoms with van der Waals surface area (Å²) in [5.41, 5.74) is 4.72. The number of methoxy groups -OCH3 is 2. The summed E-state index contributed by atoms with van der Waals surface area (Å²) in [6.07, 6.45) is 3.74. The number of aromatic amines is 2. The van der Waals surface area contributed by atoms with Gasteiger partial charge in [-0.15, -0.1) is 0 Å². The van der Waals surface area contributed by atoms with Crippen LogP contribution in [0.3, 0.4) is 0 Å². The van der Waals surface area contributed by atoms with Crippen molar-refractivity contribution in [2.24, 2.45) is 17.3 Å². The molecule has 3 aliphatic heterocycles. The smallest absolute Gasteiger partial charge is 0.407 e. The predicted molar refractivity (Wildman–Crippen MR) is 215 cm³/mol. The lowest BCUT2D eigenvalue weighted by Crippen LogP contribution is -2.51. The van der Waals surface area contributed by atoms with Crippen LogP contribution in [0.5, 0.6) is 0 Å². The van der Waals surface area contributed by atoms with Crippen LogP contribution >= 0.6 is 0 Å². The Bertz CT molecular complexity index is 2210. The van der Waals surface area contributed by atoms with Gasteiger partial charge in [0.25, 0.3) is 0 Å².